The van der Waals surface area contributed by atoms with Crippen LogP contribution >= 0.6 is 0 Å². The highest BCUT2D eigenvalue weighted by Crippen LogP contribution is 2.39. The Morgan fingerprint density at radius 2 is 1.93 bits per heavy atom. The molecule has 1 unspecified atom stereocenters. The van der Waals surface area contributed by atoms with Crippen molar-refractivity contribution in [1.82, 2.24) is 10.2 Å². The van der Waals surface area contributed by atoms with Gasteiger partial charge in [0, 0.05) is 11.3 Å². The molecule has 148 valence electrons. The lowest BCUT2D eigenvalue weighted by molar-refractivity contribution is -0.134. The van der Waals surface area contributed by atoms with E-state index in [2.05, 4.69) is 10.6 Å². The molecule has 7 heteroatoms. The molecule has 29 heavy (non-hydrogen) atoms. The number of hydrogen-bond donors (Lipinski definition) is 2. The van der Waals surface area contributed by atoms with E-state index in [4.69, 9.17) is 0 Å². The van der Waals surface area contributed by atoms with Gasteiger partial charge in [-0.05, 0) is 49.4 Å². The third-order valence-corrected chi connectivity index (χ3v) is 5.51. The third kappa shape index (κ3) is 3.29. The number of aryl methyl sites for hydroxylation is 1. The summed E-state index contributed by atoms with van der Waals surface area (Å²) in [7, 11) is 0. The predicted molar refractivity (Wildman–Crippen MR) is 106 cm³/mol. The van der Waals surface area contributed by atoms with E-state index in [0.29, 0.717) is 17.7 Å². The Hall–Kier alpha value is -3.48. The molecule has 0 aromatic heterocycles. The fourth-order valence-corrected chi connectivity index (χ4v) is 4.12. The zero-order valence-corrected chi connectivity index (χ0v) is 16.0. The second-order valence-corrected chi connectivity index (χ2v) is 7.42. The van der Waals surface area contributed by atoms with Crippen LogP contribution in [0.1, 0.15) is 41.3 Å². The number of imide groups is 1. The van der Waals surface area contributed by atoms with E-state index in [1.165, 1.54) is 6.92 Å². The summed E-state index contributed by atoms with van der Waals surface area (Å²) in [6.45, 7) is 1.05. The third-order valence-electron chi connectivity index (χ3n) is 5.51. The van der Waals surface area contributed by atoms with Gasteiger partial charge in [-0.1, -0.05) is 36.4 Å². The van der Waals surface area contributed by atoms with Gasteiger partial charge < -0.3 is 10.6 Å². The number of rotatable bonds is 4. The minimum absolute atomic E-state index is 0.117. The number of Topliss-reactive ketones (excluding diaryl/α,β-unsaturated/α-hetero) is 1. The summed E-state index contributed by atoms with van der Waals surface area (Å²) < 4.78 is 0. The van der Waals surface area contributed by atoms with Gasteiger partial charge in [-0.25, -0.2) is 4.79 Å². The maximum atomic E-state index is 13.2. The van der Waals surface area contributed by atoms with Crippen molar-refractivity contribution in [1.29, 1.82) is 0 Å². The lowest BCUT2D eigenvalue weighted by Crippen LogP contribution is -2.47. The summed E-state index contributed by atoms with van der Waals surface area (Å²) in [5.74, 6) is -1.02. The fraction of sp³-hybridized carbons (Fsp3) is 0.273. The van der Waals surface area contributed by atoms with Crippen molar-refractivity contribution in [3.63, 3.8) is 0 Å². The molecule has 1 heterocycles. The molecule has 0 bridgehead atoms. The van der Waals surface area contributed by atoms with Gasteiger partial charge in [-0.15, -0.1) is 0 Å². The van der Waals surface area contributed by atoms with Crippen LogP contribution < -0.4 is 10.6 Å². The smallest absolute Gasteiger partial charge is 0.325 e. The SMILES string of the molecule is CC(=O)c1cccc(NC(=O)CN2C(=O)NC3(CCCc4ccccc43)C2=O)c1. The van der Waals surface area contributed by atoms with Crippen molar-refractivity contribution in [2.75, 3.05) is 11.9 Å². The first-order chi connectivity index (χ1) is 13.9. The molecule has 1 fully saturated rings. The largest absolute Gasteiger partial charge is 0.325 e. The molecule has 2 aromatic carbocycles. The summed E-state index contributed by atoms with van der Waals surface area (Å²) >= 11 is 0. The number of amides is 4. The van der Waals surface area contributed by atoms with Crippen LogP contribution in [-0.4, -0.2) is 35.1 Å². The van der Waals surface area contributed by atoms with Gasteiger partial charge in [0.1, 0.15) is 12.1 Å². The van der Waals surface area contributed by atoms with Gasteiger partial charge >= 0.3 is 6.03 Å². The van der Waals surface area contributed by atoms with Crippen LogP contribution in [0.3, 0.4) is 0 Å². The van der Waals surface area contributed by atoms with Gasteiger partial charge in [-0.3, -0.25) is 19.3 Å². The number of anilines is 1. The van der Waals surface area contributed by atoms with E-state index in [-0.39, 0.29) is 12.3 Å². The zero-order chi connectivity index (χ0) is 20.6. The molecule has 1 aliphatic carbocycles. The number of carbonyl (C=O) groups is 4. The number of fused-ring (bicyclic) bond motifs is 2. The molecule has 2 aliphatic rings. The molecule has 4 rings (SSSR count). The second-order valence-electron chi connectivity index (χ2n) is 7.42. The fourth-order valence-electron chi connectivity index (χ4n) is 4.12. The lowest BCUT2D eigenvalue weighted by Gasteiger charge is -2.33. The predicted octanol–water partition coefficient (Wildman–Crippen LogP) is 2.61. The molecule has 1 aliphatic heterocycles. The molecule has 2 aromatic rings. The lowest BCUT2D eigenvalue weighted by atomic mass is 9.76. The minimum atomic E-state index is -1.10. The second kappa shape index (κ2) is 7.16. The number of carbonyl (C=O) groups excluding carboxylic acids is 4. The van der Waals surface area contributed by atoms with Crippen molar-refractivity contribution < 1.29 is 19.2 Å². The summed E-state index contributed by atoms with van der Waals surface area (Å²) in [6.07, 6.45) is 2.14. The van der Waals surface area contributed by atoms with E-state index in [1.54, 1.807) is 24.3 Å². The van der Waals surface area contributed by atoms with Crippen LogP contribution in [0, 0.1) is 0 Å². The number of nitrogens with zero attached hydrogens (tertiary/aromatic N) is 1. The average Bonchev–Trinajstić information content (AvgIpc) is 2.93. The quantitative estimate of drug-likeness (QED) is 0.619. The van der Waals surface area contributed by atoms with E-state index >= 15 is 0 Å². The highest BCUT2D eigenvalue weighted by molar-refractivity contribution is 6.10. The number of hydrogen-bond acceptors (Lipinski definition) is 4. The average molecular weight is 391 g/mol. The molecule has 1 atom stereocenters. The van der Waals surface area contributed by atoms with Gasteiger partial charge in [0.15, 0.2) is 5.78 Å². The maximum absolute atomic E-state index is 13.2. The Morgan fingerprint density at radius 1 is 1.14 bits per heavy atom. The van der Waals surface area contributed by atoms with Crippen LogP contribution in [0.25, 0.3) is 0 Å². The number of nitrogens with one attached hydrogen (secondary N) is 2. The molecule has 2 N–H and O–H groups in total. The Balaban J connectivity index is 1.53. The van der Waals surface area contributed by atoms with Crippen LogP contribution in [0.2, 0.25) is 0 Å². The summed E-state index contributed by atoms with van der Waals surface area (Å²) in [4.78, 5) is 50.7. The molecule has 4 amide bonds. The Labute approximate surface area is 168 Å². The summed E-state index contributed by atoms with van der Waals surface area (Å²) in [5.41, 5.74) is 1.66. The van der Waals surface area contributed by atoms with Crippen molar-refractivity contribution in [3.8, 4) is 0 Å². The molecular formula is C22H21N3O4. The van der Waals surface area contributed by atoms with Gasteiger partial charge in [0.05, 0.1) is 0 Å². The molecule has 7 nitrogen and oxygen atoms in total. The van der Waals surface area contributed by atoms with Gasteiger partial charge in [-0.2, -0.15) is 0 Å². The van der Waals surface area contributed by atoms with Crippen molar-refractivity contribution in [3.05, 3.63) is 65.2 Å². The number of urea groups is 1. The maximum Gasteiger partial charge on any atom is 0.325 e. The molecular weight excluding hydrogens is 370 g/mol. The first-order valence-corrected chi connectivity index (χ1v) is 9.54. The topological polar surface area (TPSA) is 95.6 Å². The van der Waals surface area contributed by atoms with Crippen molar-refractivity contribution in [2.45, 2.75) is 31.7 Å². The standard InChI is InChI=1S/C22H21N3O4/c1-14(26)16-7-4-9-17(12-16)23-19(27)13-25-20(28)22(24-21(25)29)11-5-8-15-6-2-3-10-18(15)22/h2-4,6-7,9-10,12H,5,8,11,13H2,1H3,(H,23,27)(H,24,29). The van der Waals surface area contributed by atoms with E-state index in [1.807, 2.05) is 24.3 Å². The van der Waals surface area contributed by atoms with Crippen molar-refractivity contribution >= 4 is 29.3 Å². The Kier molecular flexibility index (Phi) is 4.66. The zero-order valence-electron chi connectivity index (χ0n) is 16.0. The normalized spacial score (nSPS) is 20.4. The summed E-state index contributed by atoms with van der Waals surface area (Å²) in [6, 6.07) is 13.5. The van der Waals surface area contributed by atoms with Crippen molar-refractivity contribution in [2.24, 2.45) is 0 Å². The Bertz CT molecular complexity index is 1030. The first-order valence-electron chi connectivity index (χ1n) is 9.54. The monoisotopic (exact) mass is 391 g/mol. The molecule has 0 saturated carbocycles. The van der Waals surface area contributed by atoms with E-state index in [0.717, 1.165) is 28.9 Å². The summed E-state index contributed by atoms with van der Waals surface area (Å²) in [5, 5.41) is 5.48. The highest BCUT2D eigenvalue weighted by Gasteiger charge is 2.54. The highest BCUT2D eigenvalue weighted by atomic mass is 16.2. The van der Waals surface area contributed by atoms with Crippen LogP contribution in [0.15, 0.2) is 48.5 Å². The van der Waals surface area contributed by atoms with Gasteiger partial charge in [0.25, 0.3) is 5.91 Å². The molecule has 1 spiro atoms. The Morgan fingerprint density at radius 3 is 2.72 bits per heavy atom. The first kappa shape index (κ1) is 18.9. The van der Waals surface area contributed by atoms with Crippen LogP contribution in [-0.2, 0) is 21.5 Å². The number of benzene rings is 2. The van der Waals surface area contributed by atoms with Crippen LogP contribution in [0.5, 0.6) is 0 Å². The minimum Gasteiger partial charge on any atom is -0.325 e. The van der Waals surface area contributed by atoms with Crippen LogP contribution in [0.4, 0.5) is 10.5 Å². The van der Waals surface area contributed by atoms with E-state index in [9.17, 15) is 19.2 Å². The number of ketones is 1. The van der Waals surface area contributed by atoms with Gasteiger partial charge in [0.2, 0.25) is 5.91 Å². The molecule has 1 saturated heterocycles. The molecule has 0 radical (unpaired) electrons. The van der Waals surface area contributed by atoms with E-state index < -0.39 is 23.4 Å².